The van der Waals surface area contributed by atoms with Crippen molar-refractivity contribution in [3.05, 3.63) is 40.2 Å². The molecule has 1 N–H and O–H groups in total. The van der Waals surface area contributed by atoms with Gasteiger partial charge in [0.15, 0.2) is 23.1 Å². The van der Waals surface area contributed by atoms with Crippen LogP contribution in [0.1, 0.15) is 64.9 Å². The Balaban J connectivity index is 1.99. The molecule has 0 aromatic heterocycles. The van der Waals surface area contributed by atoms with Gasteiger partial charge in [0.05, 0.1) is 21.3 Å². The van der Waals surface area contributed by atoms with Gasteiger partial charge in [-0.05, 0) is 43.4 Å². The summed E-state index contributed by atoms with van der Waals surface area (Å²) in [5.41, 5.74) is 3.12. The fourth-order valence-corrected chi connectivity index (χ4v) is 5.17. The summed E-state index contributed by atoms with van der Waals surface area (Å²) in [5.74, 6) is 1.22. The van der Waals surface area contributed by atoms with Gasteiger partial charge in [0, 0.05) is 39.3 Å². The first-order chi connectivity index (χ1) is 15.1. The molecule has 172 valence electrons. The molecule has 0 saturated heterocycles. The van der Waals surface area contributed by atoms with Crippen molar-refractivity contribution in [1.82, 2.24) is 5.32 Å². The predicted octanol–water partition coefficient (Wildman–Crippen LogP) is 4.69. The maximum absolute atomic E-state index is 13.7. The lowest BCUT2D eigenvalue weighted by Gasteiger charge is -2.44. The molecule has 0 saturated carbocycles. The summed E-state index contributed by atoms with van der Waals surface area (Å²) < 4.78 is 16.7. The fourth-order valence-electron chi connectivity index (χ4n) is 5.17. The van der Waals surface area contributed by atoms with E-state index in [1.54, 1.807) is 21.3 Å². The maximum atomic E-state index is 13.7. The molecule has 0 fully saturated rings. The average Bonchev–Trinajstić information content (AvgIpc) is 2.77. The third-order valence-corrected chi connectivity index (χ3v) is 7.27. The van der Waals surface area contributed by atoms with E-state index < -0.39 is 16.7 Å². The molecule has 0 bridgehead atoms. The summed E-state index contributed by atoms with van der Waals surface area (Å²) in [6, 6.07) is 3.74. The minimum atomic E-state index is -0.481. The Bertz CT molecular complexity index is 983. The number of nitrogens with one attached hydrogen (secondary N) is 1. The van der Waals surface area contributed by atoms with Gasteiger partial charge in [-0.3, -0.25) is 9.59 Å². The molecule has 6 heteroatoms. The van der Waals surface area contributed by atoms with Crippen LogP contribution >= 0.6 is 0 Å². The largest absolute Gasteiger partial charge is 0.493 e. The van der Waals surface area contributed by atoms with Crippen LogP contribution in [-0.4, -0.2) is 32.9 Å². The highest BCUT2D eigenvalue weighted by molar-refractivity contribution is 6.09. The number of hydrogen-bond donors (Lipinski definition) is 1. The molecule has 6 nitrogen and oxygen atoms in total. The van der Waals surface area contributed by atoms with Gasteiger partial charge in [-0.15, -0.1) is 0 Å². The Hall–Kier alpha value is -2.76. The van der Waals surface area contributed by atoms with Crippen molar-refractivity contribution in [2.75, 3.05) is 21.3 Å². The highest BCUT2D eigenvalue weighted by Crippen LogP contribution is 2.53. The van der Waals surface area contributed by atoms with Crippen LogP contribution in [0.3, 0.4) is 0 Å². The molecule has 0 amide bonds. The molecule has 0 spiro atoms. The smallest absolute Gasteiger partial charge is 0.203 e. The fraction of sp³-hybridized carbons (Fsp3) is 0.538. The highest BCUT2D eigenvalue weighted by atomic mass is 16.5. The number of hydrogen-bond acceptors (Lipinski definition) is 6. The monoisotopic (exact) mass is 439 g/mol. The standard InChI is InChI=1S/C26H33NO5/c1-25(2)10-8-15-20(23(25)28)19(21-16(27-15)9-11-26(3,4)24(21)29)14-12-17(30-5)22(32-7)18(13-14)31-6/h12-13,19,27H,8-11H2,1-7H3. The van der Waals surface area contributed by atoms with Crippen LogP contribution in [0.5, 0.6) is 17.2 Å². The molecule has 1 heterocycles. The summed E-state index contributed by atoms with van der Waals surface area (Å²) in [5, 5.41) is 3.50. The number of allylic oxidation sites excluding steroid dienone is 4. The summed E-state index contributed by atoms with van der Waals surface area (Å²) >= 11 is 0. The molecule has 3 aliphatic rings. The molecule has 1 aromatic carbocycles. The summed E-state index contributed by atoms with van der Waals surface area (Å²) in [7, 11) is 4.71. The lowest BCUT2D eigenvalue weighted by Crippen LogP contribution is -2.44. The van der Waals surface area contributed by atoms with Gasteiger partial charge in [-0.1, -0.05) is 27.7 Å². The second-order valence-electron chi connectivity index (χ2n) is 10.2. The lowest BCUT2D eigenvalue weighted by molar-refractivity contribution is -0.125. The quantitative estimate of drug-likeness (QED) is 0.734. The van der Waals surface area contributed by atoms with Crippen LogP contribution in [0.15, 0.2) is 34.7 Å². The van der Waals surface area contributed by atoms with Crippen molar-refractivity contribution >= 4 is 11.6 Å². The molecule has 1 aliphatic heterocycles. The van der Waals surface area contributed by atoms with E-state index in [-0.39, 0.29) is 11.6 Å². The molecule has 2 aliphatic carbocycles. The number of ether oxygens (including phenoxy) is 3. The van der Waals surface area contributed by atoms with E-state index in [1.807, 2.05) is 39.8 Å². The Morgan fingerprint density at radius 3 is 1.59 bits per heavy atom. The van der Waals surface area contributed by atoms with Crippen LogP contribution in [0.25, 0.3) is 0 Å². The van der Waals surface area contributed by atoms with Gasteiger partial charge >= 0.3 is 0 Å². The Morgan fingerprint density at radius 1 is 0.781 bits per heavy atom. The summed E-state index contributed by atoms with van der Waals surface area (Å²) in [4.78, 5) is 27.4. The Kier molecular flexibility index (Phi) is 5.38. The van der Waals surface area contributed by atoms with E-state index in [9.17, 15) is 9.59 Å². The molecule has 0 radical (unpaired) electrons. The number of methoxy groups -OCH3 is 3. The zero-order chi connectivity index (χ0) is 23.4. The number of ketones is 2. The lowest BCUT2D eigenvalue weighted by atomic mass is 9.62. The van der Waals surface area contributed by atoms with E-state index in [4.69, 9.17) is 14.2 Å². The topological polar surface area (TPSA) is 73.9 Å². The van der Waals surface area contributed by atoms with E-state index in [0.717, 1.165) is 42.6 Å². The second-order valence-corrected chi connectivity index (χ2v) is 10.2. The van der Waals surface area contributed by atoms with Crippen molar-refractivity contribution in [2.45, 2.75) is 59.3 Å². The number of carbonyl (C=O) groups is 2. The minimum Gasteiger partial charge on any atom is -0.493 e. The van der Waals surface area contributed by atoms with Gasteiger partial charge < -0.3 is 19.5 Å². The zero-order valence-electron chi connectivity index (χ0n) is 20.1. The molecule has 32 heavy (non-hydrogen) atoms. The van der Waals surface area contributed by atoms with Crippen molar-refractivity contribution < 1.29 is 23.8 Å². The third-order valence-electron chi connectivity index (χ3n) is 7.27. The number of rotatable bonds is 4. The maximum Gasteiger partial charge on any atom is 0.203 e. The van der Waals surface area contributed by atoms with Crippen LogP contribution in [0.4, 0.5) is 0 Å². The third kappa shape index (κ3) is 3.31. The minimum absolute atomic E-state index is 0.0905. The normalized spacial score (nSPS) is 22.2. The Labute approximate surface area is 190 Å². The SMILES string of the molecule is COc1cc(C2C3=C(CCC(C)(C)C3=O)NC3=C2C(=O)C(C)(C)CC3)cc(OC)c1OC. The number of dihydropyridines is 1. The van der Waals surface area contributed by atoms with Gasteiger partial charge in [0.1, 0.15) is 0 Å². The summed E-state index contributed by atoms with van der Waals surface area (Å²) in [6.45, 7) is 7.95. The first kappa shape index (κ1) is 22.4. The molecule has 0 unspecified atom stereocenters. The Morgan fingerprint density at radius 2 is 1.22 bits per heavy atom. The number of carbonyl (C=O) groups excluding carboxylic acids is 2. The molecule has 0 atom stereocenters. The van der Waals surface area contributed by atoms with Gasteiger partial charge in [-0.25, -0.2) is 0 Å². The van der Waals surface area contributed by atoms with Crippen LogP contribution < -0.4 is 19.5 Å². The van der Waals surface area contributed by atoms with E-state index in [1.165, 1.54) is 0 Å². The van der Waals surface area contributed by atoms with Crippen LogP contribution in [0.2, 0.25) is 0 Å². The van der Waals surface area contributed by atoms with Crippen molar-refractivity contribution in [3.8, 4) is 17.2 Å². The first-order valence-corrected chi connectivity index (χ1v) is 11.2. The van der Waals surface area contributed by atoms with Gasteiger partial charge in [0.25, 0.3) is 0 Å². The van der Waals surface area contributed by atoms with Crippen molar-refractivity contribution in [1.29, 1.82) is 0 Å². The molecular formula is C26H33NO5. The van der Waals surface area contributed by atoms with Gasteiger partial charge in [-0.2, -0.15) is 0 Å². The number of Topliss-reactive ketones (excluding diaryl/α,β-unsaturated/α-hetero) is 2. The predicted molar refractivity (Wildman–Crippen MR) is 122 cm³/mol. The number of benzene rings is 1. The van der Waals surface area contributed by atoms with Crippen molar-refractivity contribution in [2.24, 2.45) is 10.8 Å². The second kappa shape index (κ2) is 7.68. The van der Waals surface area contributed by atoms with E-state index in [2.05, 4.69) is 5.32 Å². The van der Waals surface area contributed by atoms with Crippen LogP contribution in [0, 0.1) is 10.8 Å². The highest BCUT2D eigenvalue weighted by Gasteiger charge is 2.49. The first-order valence-electron chi connectivity index (χ1n) is 11.2. The average molecular weight is 440 g/mol. The van der Waals surface area contributed by atoms with Crippen LogP contribution in [-0.2, 0) is 9.59 Å². The van der Waals surface area contributed by atoms with Crippen molar-refractivity contribution in [3.63, 3.8) is 0 Å². The van der Waals surface area contributed by atoms with Gasteiger partial charge in [0.2, 0.25) is 5.75 Å². The van der Waals surface area contributed by atoms with E-state index >= 15 is 0 Å². The van der Waals surface area contributed by atoms with E-state index in [0.29, 0.717) is 28.4 Å². The molecular weight excluding hydrogens is 406 g/mol. The zero-order valence-corrected chi connectivity index (χ0v) is 20.1. The summed E-state index contributed by atoms with van der Waals surface area (Å²) in [6.07, 6.45) is 3.12. The molecule has 4 rings (SSSR count). The molecule has 1 aromatic rings.